The summed E-state index contributed by atoms with van der Waals surface area (Å²) in [6, 6.07) is 4.38. The highest BCUT2D eigenvalue weighted by molar-refractivity contribution is 5.93. The van der Waals surface area contributed by atoms with Gasteiger partial charge in [0, 0.05) is 24.3 Å². The SMILES string of the molecule is CCN1CCCC(Nc2ccc([N+](=O)[O-])c(C(=O)O)c2)C1. The molecule has 0 aromatic heterocycles. The van der Waals surface area contributed by atoms with Crippen LogP contribution in [0.1, 0.15) is 30.1 Å². The molecule has 0 radical (unpaired) electrons. The van der Waals surface area contributed by atoms with Gasteiger partial charge in [-0.2, -0.15) is 0 Å². The summed E-state index contributed by atoms with van der Waals surface area (Å²) in [6.45, 7) is 5.07. The lowest BCUT2D eigenvalue weighted by molar-refractivity contribution is -0.385. The Morgan fingerprint density at radius 2 is 2.33 bits per heavy atom. The summed E-state index contributed by atoms with van der Waals surface area (Å²) >= 11 is 0. The maximum absolute atomic E-state index is 11.1. The Morgan fingerprint density at radius 3 is 2.95 bits per heavy atom. The lowest BCUT2D eigenvalue weighted by atomic mass is 10.0. The van der Waals surface area contributed by atoms with E-state index in [4.69, 9.17) is 5.11 Å². The number of nitrogens with one attached hydrogen (secondary N) is 1. The Hall–Kier alpha value is -2.15. The fourth-order valence-corrected chi connectivity index (χ4v) is 2.65. The molecule has 7 nitrogen and oxygen atoms in total. The fraction of sp³-hybridized carbons (Fsp3) is 0.500. The minimum absolute atomic E-state index is 0.238. The van der Waals surface area contributed by atoms with E-state index in [-0.39, 0.29) is 17.3 Å². The number of hydrogen-bond acceptors (Lipinski definition) is 5. The van der Waals surface area contributed by atoms with Crippen LogP contribution < -0.4 is 5.32 Å². The lowest BCUT2D eigenvalue weighted by Gasteiger charge is -2.32. The van der Waals surface area contributed by atoms with Crippen LogP contribution >= 0.6 is 0 Å². The van der Waals surface area contributed by atoms with E-state index in [1.807, 2.05) is 0 Å². The molecule has 21 heavy (non-hydrogen) atoms. The van der Waals surface area contributed by atoms with E-state index in [2.05, 4.69) is 17.1 Å². The topological polar surface area (TPSA) is 95.7 Å². The van der Waals surface area contributed by atoms with Crippen molar-refractivity contribution in [1.82, 2.24) is 4.90 Å². The van der Waals surface area contributed by atoms with Crippen molar-refractivity contribution >= 4 is 17.3 Å². The van der Waals surface area contributed by atoms with Crippen molar-refractivity contribution in [1.29, 1.82) is 0 Å². The summed E-state index contributed by atoms with van der Waals surface area (Å²) in [5.74, 6) is -1.29. The molecule has 0 amide bonds. The number of benzene rings is 1. The number of aromatic carboxylic acids is 1. The minimum Gasteiger partial charge on any atom is -0.477 e. The highest BCUT2D eigenvalue weighted by Crippen LogP contribution is 2.24. The van der Waals surface area contributed by atoms with Crippen LogP contribution in [0.2, 0.25) is 0 Å². The Morgan fingerprint density at radius 1 is 1.57 bits per heavy atom. The predicted octanol–water partition coefficient (Wildman–Crippen LogP) is 2.19. The molecule has 2 N–H and O–H groups in total. The zero-order chi connectivity index (χ0) is 15.4. The zero-order valence-corrected chi connectivity index (χ0v) is 11.9. The van der Waals surface area contributed by atoms with E-state index >= 15 is 0 Å². The Kier molecular flexibility index (Phi) is 4.74. The van der Waals surface area contributed by atoms with Crippen LogP contribution in [-0.2, 0) is 0 Å². The molecular formula is C14H19N3O4. The van der Waals surface area contributed by atoms with Gasteiger partial charge >= 0.3 is 5.97 Å². The van der Waals surface area contributed by atoms with Crippen LogP contribution in [0.3, 0.4) is 0 Å². The monoisotopic (exact) mass is 293 g/mol. The molecule has 0 bridgehead atoms. The first kappa shape index (κ1) is 15.2. The van der Waals surface area contributed by atoms with Crippen LogP contribution in [0.5, 0.6) is 0 Å². The molecule has 1 heterocycles. The van der Waals surface area contributed by atoms with Gasteiger partial charge in [-0.1, -0.05) is 6.92 Å². The average molecular weight is 293 g/mol. The van der Waals surface area contributed by atoms with Crippen LogP contribution in [0.4, 0.5) is 11.4 Å². The molecule has 1 unspecified atom stereocenters. The predicted molar refractivity (Wildman–Crippen MR) is 78.8 cm³/mol. The first-order valence-corrected chi connectivity index (χ1v) is 7.02. The normalized spacial score (nSPS) is 19.2. The number of carboxylic acids is 1. The summed E-state index contributed by atoms with van der Waals surface area (Å²) in [5, 5.41) is 23.2. The number of carbonyl (C=O) groups is 1. The quantitative estimate of drug-likeness (QED) is 0.638. The van der Waals surface area contributed by atoms with Gasteiger partial charge in [-0.3, -0.25) is 10.1 Å². The van der Waals surface area contributed by atoms with Crippen molar-refractivity contribution < 1.29 is 14.8 Å². The molecule has 1 aliphatic rings. The standard InChI is InChI=1S/C14H19N3O4/c1-2-16-7-3-4-11(9-16)15-10-5-6-13(17(20)21)12(8-10)14(18)19/h5-6,8,11,15H,2-4,7,9H2,1H3,(H,18,19). The number of likely N-dealkylation sites (N-methyl/N-ethyl adjacent to an activating group) is 1. The van der Waals surface area contributed by atoms with Crippen molar-refractivity contribution in [2.24, 2.45) is 0 Å². The fourth-order valence-electron chi connectivity index (χ4n) is 2.65. The number of hydrogen-bond donors (Lipinski definition) is 2. The van der Waals surface area contributed by atoms with Crippen molar-refractivity contribution in [2.75, 3.05) is 25.0 Å². The van der Waals surface area contributed by atoms with Gasteiger partial charge in [0.1, 0.15) is 5.56 Å². The molecule has 0 spiro atoms. The molecule has 1 atom stereocenters. The smallest absolute Gasteiger partial charge is 0.342 e. The average Bonchev–Trinajstić information content (AvgIpc) is 2.47. The molecule has 1 saturated heterocycles. The highest BCUT2D eigenvalue weighted by Gasteiger charge is 2.22. The lowest BCUT2D eigenvalue weighted by Crippen LogP contribution is -2.41. The molecule has 7 heteroatoms. The number of likely N-dealkylation sites (tertiary alicyclic amines) is 1. The number of anilines is 1. The molecule has 0 saturated carbocycles. The summed E-state index contributed by atoms with van der Waals surface area (Å²) in [6.07, 6.45) is 2.10. The van der Waals surface area contributed by atoms with Crippen molar-refractivity contribution in [3.05, 3.63) is 33.9 Å². The third-order valence-electron chi connectivity index (χ3n) is 3.75. The number of nitro benzene ring substituents is 1. The van der Waals surface area contributed by atoms with Crippen LogP contribution in [0, 0.1) is 10.1 Å². The maximum atomic E-state index is 11.1. The van der Waals surface area contributed by atoms with Gasteiger partial charge in [-0.25, -0.2) is 4.79 Å². The molecule has 1 aliphatic heterocycles. The minimum atomic E-state index is -1.29. The first-order valence-electron chi connectivity index (χ1n) is 7.02. The number of piperidine rings is 1. The van der Waals surface area contributed by atoms with E-state index in [0.29, 0.717) is 5.69 Å². The summed E-state index contributed by atoms with van der Waals surface area (Å²) in [4.78, 5) is 23.6. The molecule has 0 aliphatic carbocycles. The maximum Gasteiger partial charge on any atom is 0.342 e. The molecular weight excluding hydrogens is 274 g/mol. The zero-order valence-electron chi connectivity index (χ0n) is 11.9. The molecule has 1 aromatic carbocycles. The van der Waals surface area contributed by atoms with E-state index in [9.17, 15) is 14.9 Å². The van der Waals surface area contributed by atoms with Crippen molar-refractivity contribution in [3.63, 3.8) is 0 Å². The molecule has 2 rings (SSSR count). The molecule has 114 valence electrons. The Balaban J connectivity index is 2.15. The first-order chi connectivity index (χ1) is 10.0. The summed E-state index contributed by atoms with van der Waals surface area (Å²) < 4.78 is 0. The second-order valence-corrected chi connectivity index (χ2v) is 5.17. The van der Waals surface area contributed by atoms with Gasteiger partial charge in [0.15, 0.2) is 0 Å². The van der Waals surface area contributed by atoms with Gasteiger partial charge < -0.3 is 15.3 Å². The van der Waals surface area contributed by atoms with Gasteiger partial charge in [0.2, 0.25) is 0 Å². The summed E-state index contributed by atoms with van der Waals surface area (Å²) in [7, 11) is 0. The molecule has 1 fully saturated rings. The van der Waals surface area contributed by atoms with Gasteiger partial charge in [0.05, 0.1) is 4.92 Å². The summed E-state index contributed by atoms with van der Waals surface area (Å²) in [5.41, 5.74) is -0.0546. The number of rotatable bonds is 5. The number of carboxylic acid groups (broad SMARTS) is 1. The second-order valence-electron chi connectivity index (χ2n) is 5.17. The van der Waals surface area contributed by atoms with Gasteiger partial charge in [-0.15, -0.1) is 0 Å². The molecule has 1 aromatic rings. The van der Waals surface area contributed by atoms with Gasteiger partial charge in [-0.05, 0) is 38.1 Å². The third-order valence-corrected chi connectivity index (χ3v) is 3.75. The van der Waals surface area contributed by atoms with Crippen LogP contribution in [-0.4, -0.2) is 46.6 Å². The van der Waals surface area contributed by atoms with Gasteiger partial charge in [0.25, 0.3) is 5.69 Å². The highest BCUT2D eigenvalue weighted by atomic mass is 16.6. The second kappa shape index (κ2) is 6.53. The van der Waals surface area contributed by atoms with Crippen LogP contribution in [0.25, 0.3) is 0 Å². The van der Waals surface area contributed by atoms with E-state index < -0.39 is 10.9 Å². The Labute approximate surface area is 122 Å². The number of nitro groups is 1. The van der Waals surface area contributed by atoms with Crippen LogP contribution in [0.15, 0.2) is 18.2 Å². The Bertz CT molecular complexity index is 547. The van der Waals surface area contributed by atoms with Crippen molar-refractivity contribution in [2.45, 2.75) is 25.8 Å². The van der Waals surface area contributed by atoms with E-state index in [1.54, 1.807) is 6.07 Å². The third kappa shape index (κ3) is 3.69. The van der Waals surface area contributed by atoms with E-state index in [0.717, 1.165) is 32.5 Å². The largest absolute Gasteiger partial charge is 0.477 e. The number of nitrogens with zero attached hydrogens (tertiary/aromatic N) is 2. The van der Waals surface area contributed by atoms with Crippen molar-refractivity contribution in [3.8, 4) is 0 Å². The van der Waals surface area contributed by atoms with E-state index in [1.165, 1.54) is 12.1 Å².